The van der Waals surface area contributed by atoms with Crippen LogP contribution in [0.3, 0.4) is 0 Å². The highest BCUT2D eigenvalue weighted by Crippen LogP contribution is 1.93. The predicted octanol–water partition coefficient (Wildman–Crippen LogP) is 1.62. The summed E-state index contributed by atoms with van der Waals surface area (Å²) in [4.78, 5) is 4.15. The number of halogens is 1. The molecule has 0 spiro atoms. The fourth-order valence-corrected chi connectivity index (χ4v) is 1.40. The highest BCUT2D eigenvalue weighted by molar-refractivity contribution is 14.0. The van der Waals surface area contributed by atoms with Gasteiger partial charge in [0.25, 0.3) is 0 Å². The number of hydrogen-bond acceptors (Lipinski definition) is 3. The number of guanidine groups is 1. The van der Waals surface area contributed by atoms with Gasteiger partial charge in [-0.25, -0.2) is 0 Å². The molecule has 0 rings (SSSR count). The molecule has 110 valence electrons. The van der Waals surface area contributed by atoms with E-state index >= 15 is 0 Å². The van der Waals surface area contributed by atoms with E-state index in [0.29, 0.717) is 0 Å². The first-order valence-electron chi connectivity index (χ1n) is 6.27. The van der Waals surface area contributed by atoms with Crippen LogP contribution in [0.25, 0.3) is 0 Å². The Labute approximate surface area is 128 Å². The lowest BCUT2D eigenvalue weighted by molar-refractivity contribution is 0.192. The van der Waals surface area contributed by atoms with Crippen molar-refractivity contribution in [2.45, 2.75) is 25.7 Å². The molecule has 0 heterocycles. The number of aliphatic imine (C=N–C) groups is 1. The van der Waals surface area contributed by atoms with Crippen LogP contribution in [0.15, 0.2) is 4.99 Å². The number of ether oxygens (including phenoxy) is 2. The Morgan fingerprint density at radius 3 is 2.00 bits per heavy atom. The molecule has 0 saturated heterocycles. The lowest BCUT2D eigenvalue weighted by atomic mass is 10.2. The Hall–Kier alpha value is -0.0800. The third-order valence-electron chi connectivity index (χ3n) is 2.36. The van der Waals surface area contributed by atoms with Gasteiger partial charge in [0.05, 0.1) is 0 Å². The molecule has 0 bridgehead atoms. The molecule has 0 aliphatic heterocycles. The molecule has 0 atom stereocenters. The third kappa shape index (κ3) is 14.0. The first-order chi connectivity index (χ1) is 8.35. The molecular weight excluding hydrogens is 345 g/mol. The summed E-state index contributed by atoms with van der Waals surface area (Å²) in [6.45, 7) is 3.47. The van der Waals surface area contributed by atoms with E-state index in [1.165, 1.54) is 6.42 Å². The Bertz CT molecular complexity index is 192. The maximum Gasteiger partial charge on any atom is 0.190 e. The summed E-state index contributed by atoms with van der Waals surface area (Å²) in [5.41, 5.74) is 0. The van der Waals surface area contributed by atoms with E-state index in [2.05, 4.69) is 15.6 Å². The highest BCUT2D eigenvalue weighted by Gasteiger charge is 1.96. The van der Waals surface area contributed by atoms with Crippen LogP contribution in [0.5, 0.6) is 0 Å². The van der Waals surface area contributed by atoms with Crippen molar-refractivity contribution in [2.75, 3.05) is 47.6 Å². The topological polar surface area (TPSA) is 54.9 Å². The van der Waals surface area contributed by atoms with Crippen LogP contribution in [-0.4, -0.2) is 53.5 Å². The fraction of sp³-hybridized carbons (Fsp3) is 0.917. The molecule has 0 fully saturated rings. The number of rotatable bonds is 10. The summed E-state index contributed by atoms with van der Waals surface area (Å²) in [5.74, 6) is 0.868. The van der Waals surface area contributed by atoms with Crippen molar-refractivity contribution >= 4 is 29.9 Å². The van der Waals surface area contributed by atoms with Crippen LogP contribution >= 0.6 is 24.0 Å². The van der Waals surface area contributed by atoms with Gasteiger partial charge in [0, 0.05) is 47.6 Å². The van der Waals surface area contributed by atoms with E-state index in [-0.39, 0.29) is 24.0 Å². The molecule has 0 aromatic carbocycles. The summed E-state index contributed by atoms with van der Waals surface area (Å²) in [6, 6.07) is 0. The van der Waals surface area contributed by atoms with E-state index in [1.54, 1.807) is 21.3 Å². The lowest BCUT2D eigenvalue weighted by Gasteiger charge is -2.11. The maximum atomic E-state index is 5.00. The average molecular weight is 373 g/mol. The van der Waals surface area contributed by atoms with E-state index in [9.17, 15) is 0 Å². The van der Waals surface area contributed by atoms with Crippen molar-refractivity contribution in [1.29, 1.82) is 0 Å². The van der Waals surface area contributed by atoms with E-state index < -0.39 is 0 Å². The van der Waals surface area contributed by atoms with Crippen molar-refractivity contribution in [2.24, 2.45) is 4.99 Å². The van der Waals surface area contributed by atoms with Gasteiger partial charge in [-0.2, -0.15) is 0 Å². The van der Waals surface area contributed by atoms with Crippen LogP contribution in [0.4, 0.5) is 0 Å². The van der Waals surface area contributed by atoms with Crippen LogP contribution in [-0.2, 0) is 9.47 Å². The number of unbranched alkanes of at least 4 members (excludes halogenated alkanes) is 2. The summed E-state index contributed by atoms with van der Waals surface area (Å²) >= 11 is 0. The molecule has 0 unspecified atom stereocenters. The average Bonchev–Trinajstić information content (AvgIpc) is 2.36. The molecule has 0 aromatic rings. The lowest BCUT2D eigenvalue weighted by Crippen LogP contribution is -2.38. The Kier molecular flexibility index (Phi) is 19.0. The summed E-state index contributed by atoms with van der Waals surface area (Å²) in [5, 5.41) is 6.52. The van der Waals surface area contributed by atoms with Crippen molar-refractivity contribution < 1.29 is 9.47 Å². The quantitative estimate of drug-likeness (QED) is 0.265. The van der Waals surface area contributed by atoms with Gasteiger partial charge in [-0.05, 0) is 25.7 Å². The first-order valence-corrected chi connectivity index (χ1v) is 6.27. The van der Waals surface area contributed by atoms with Crippen LogP contribution in [0, 0.1) is 0 Å². The van der Waals surface area contributed by atoms with Crippen molar-refractivity contribution in [3.05, 3.63) is 0 Å². The van der Waals surface area contributed by atoms with Gasteiger partial charge in [0.15, 0.2) is 5.96 Å². The van der Waals surface area contributed by atoms with Gasteiger partial charge in [-0.15, -0.1) is 24.0 Å². The molecular formula is C12H28IN3O2. The molecule has 0 saturated carbocycles. The number of hydrogen-bond donors (Lipinski definition) is 2. The van der Waals surface area contributed by atoms with Crippen LogP contribution < -0.4 is 10.6 Å². The zero-order valence-electron chi connectivity index (χ0n) is 11.8. The van der Waals surface area contributed by atoms with Gasteiger partial charge < -0.3 is 20.1 Å². The molecule has 2 N–H and O–H groups in total. The normalized spacial score (nSPS) is 10.9. The molecule has 0 aliphatic carbocycles. The molecule has 0 amide bonds. The van der Waals surface area contributed by atoms with Gasteiger partial charge in [0.1, 0.15) is 0 Å². The Balaban J connectivity index is 0. The summed E-state index contributed by atoms with van der Waals surface area (Å²) in [6.07, 6.45) is 4.44. The monoisotopic (exact) mass is 373 g/mol. The van der Waals surface area contributed by atoms with Gasteiger partial charge in [0.2, 0.25) is 0 Å². The first kappa shape index (κ1) is 20.2. The van der Waals surface area contributed by atoms with E-state index in [4.69, 9.17) is 9.47 Å². The second-order valence-electron chi connectivity index (χ2n) is 3.83. The number of nitrogens with one attached hydrogen (secondary N) is 2. The maximum absolute atomic E-state index is 5.00. The van der Waals surface area contributed by atoms with Gasteiger partial charge >= 0.3 is 0 Å². The molecule has 0 radical (unpaired) electrons. The molecule has 5 nitrogen and oxygen atoms in total. The Morgan fingerprint density at radius 1 is 0.889 bits per heavy atom. The second kappa shape index (κ2) is 16.9. The minimum atomic E-state index is 0. The van der Waals surface area contributed by atoms with E-state index in [0.717, 1.165) is 51.5 Å². The molecule has 18 heavy (non-hydrogen) atoms. The highest BCUT2D eigenvalue weighted by atomic mass is 127. The fourth-order valence-electron chi connectivity index (χ4n) is 1.40. The van der Waals surface area contributed by atoms with Crippen molar-refractivity contribution in [3.63, 3.8) is 0 Å². The van der Waals surface area contributed by atoms with Crippen molar-refractivity contribution in [3.8, 4) is 0 Å². The largest absolute Gasteiger partial charge is 0.385 e. The van der Waals surface area contributed by atoms with Crippen molar-refractivity contribution in [1.82, 2.24) is 10.6 Å². The minimum Gasteiger partial charge on any atom is -0.385 e. The SMILES string of the molecule is CN=C(NCCCCCOC)NCCCOC.I. The zero-order chi connectivity index (χ0) is 12.8. The summed E-state index contributed by atoms with van der Waals surface area (Å²) in [7, 11) is 5.24. The van der Waals surface area contributed by atoms with Gasteiger partial charge in [-0.1, -0.05) is 0 Å². The summed E-state index contributed by atoms with van der Waals surface area (Å²) < 4.78 is 9.98. The predicted molar refractivity (Wildman–Crippen MR) is 87.0 cm³/mol. The zero-order valence-corrected chi connectivity index (χ0v) is 14.2. The number of nitrogens with zero attached hydrogens (tertiary/aromatic N) is 1. The third-order valence-corrected chi connectivity index (χ3v) is 2.36. The standard InChI is InChI=1S/C12H27N3O2.HI/c1-13-12(15-9-7-11-17-3)14-8-5-4-6-10-16-2;/h4-11H2,1-3H3,(H2,13,14,15);1H. The van der Waals surface area contributed by atoms with E-state index in [1.807, 2.05) is 0 Å². The second-order valence-corrected chi connectivity index (χ2v) is 3.83. The van der Waals surface area contributed by atoms with Crippen LogP contribution in [0.2, 0.25) is 0 Å². The van der Waals surface area contributed by atoms with Crippen LogP contribution in [0.1, 0.15) is 25.7 Å². The molecule has 6 heteroatoms. The number of methoxy groups -OCH3 is 2. The van der Waals surface area contributed by atoms with Gasteiger partial charge in [-0.3, -0.25) is 4.99 Å². The molecule has 0 aliphatic rings. The molecule has 0 aromatic heterocycles. The minimum absolute atomic E-state index is 0. The smallest absolute Gasteiger partial charge is 0.190 e. The Morgan fingerprint density at radius 2 is 1.44 bits per heavy atom.